The van der Waals surface area contributed by atoms with E-state index in [0.29, 0.717) is 11.1 Å². The van der Waals surface area contributed by atoms with E-state index >= 15 is 0 Å². The molecule has 0 saturated heterocycles. The SMILES string of the molecule is O=c1c(-c2ccccc2)c[nH]cc1-c1ccccc1. The van der Waals surface area contributed by atoms with Gasteiger partial charge in [0.25, 0.3) is 0 Å². The number of aromatic nitrogens is 1. The Morgan fingerprint density at radius 3 is 1.47 bits per heavy atom. The summed E-state index contributed by atoms with van der Waals surface area (Å²) in [4.78, 5) is 15.6. The molecule has 0 aliphatic rings. The molecule has 0 unspecified atom stereocenters. The van der Waals surface area contributed by atoms with Crippen molar-refractivity contribution >= 4 is 0 Å². The molecule has 0 spiro atoms. The van der Waals surface area contributed by atoms with Crippen LogP contribution in [0.4, 0.5) is 0 Å². The quantitative estimate of drug-likeness (QED) is 0.735. The predicted octanol–water partition coefficient (Wildman–Crippen LogP) is 3.71. The Balaban J connectivity index is 2.18. The van der Waals surface area contributed by atoms with Crippen LogP contribution >= 0.6 is 0 Å². The monoisotopic (exact) mass is 247 g/mol. The lowest BCUT2D eigenvalue weighted by Gasteiger charge is -2.04. The average molecular weight is 247 g/mol. The molecule has 92 valence electrons. The summed E-state index contributed by atoms with van der Waals surface area (Å²) in [5.41, 5.74) is 3.31. The van der Waals surface area contributed by atoms with Crippen LogP contribution in [0, 0.1) is 0 Å². The number of benzene rings is 2. The molecular formula is C17H13NO. The van der Waals surface area contributed by atoms with Crippen LogP contribution in [0.1, 0.15) is 0 Å². The fourth-order valence-electron chi connectivity index (χ4n) is 2.15. The highest BCUT2D eigenvalue weighted by Gasteiger charge is 2.08. The van der Waals surface area contributed by atoms with Crippen molar-refractivity contribution in [3.8, 4) is 22.3 Å². The third kappa shape index (κ3) is 2.20. The molecule has 0 amide bonds. The van der Waals surface area contributed by atoms with E-state index in [0.717, 1.165) is 11.1 Å². The van der Waals surface area contributed by atoms with Gasteiger partial charge in [-0.2, -0.15) is 0 Å². The van der Waals surface area contributed by atoms with E-state index in [4.69, 9.17) is 0 Å². The first-order valence-electron chi connectivity index (χ1n) is 6.18. The van der Waals surface area contributed by atoms with Gasteiger partial charge in [0.05, 0.1) is 0 Å². The van der Waals surface area contributed by atoms with Gasteiger partial charge in [0.1, 0.15) is 0 Å². The lowest BCUT2D eigenvalue weighted by atomic mass is 10.0. The summed E-state index contributed by atoms with van der Waals surface area (Å²) in [7, 11) is 0. The molecule has 0 fully saturated rings. The van der Waals surface area contributed by atoms with Crippen molar-refractivity contribution in [2.75, 3.05) is 0 Å². The maximum Gasteiger partial charge on any atom is 0.197 e. The van der Waals surface area contributed by atoms with Gasteiger partial charge in [-0.1, -0.05) is 60.7 Å². The third-order valence-electron chi connectivity index (χ3n) is 3.11. The van der Waals surface area contributed by atoms with Crippen LogP contribution in [0.15, 0.2) is 77.9 Å². The van der Waals surface area contributed by atoms with Crippen LogP contribution < -0.4 is 5.43 Å². The number of pyridine rings is 1. The largest absolute Gasteiger partial charge is 0.366 e. The second-order valence-electron chi connectivity index (χ2n) is 4.34. The summed E-state index contributed by atoms with van der Waals surface area (Å²) in [5.74, 6) is 0. The third-order valence-corrected chi connectivity index (χ3v) is 3.11. The van der Waals surface area contributed by atoms with Crippen LogP contribution in [0.25, 0.3) is 22.3 Å². The minimum absolute atomic E-state index is 0.0520. The smallest absolute Gasteiger partial charge is 0.197 e. The highest BCUT2D eigenvalue weighted by molar-refractivity contribution is 5.71. The minimum Gasteiger partial charge on any atom is -0.366 e. The fraction of sp³-hybridized carbons (Fsp3) is 0. The van der Waals surface area contributed by atoms with Gasteiger partial charge in [-0.05, 0) is 11.1 Å². The minimum atomic E-state index is 0.0520. The van der Waals surface area contributed by atoms with Crippen LogP contribution in [0.2, 0.25) is 0 Å². The van der Waals surface area contributed by atoms with E-state index < -0.39 is 0 Å². The van der Waals surface area contributed by atoms with Gasteiger partial charge in [-0.3, -0.25) is 4.79 Å². The number of H-pyrrole nitrogens is 1. The number of rotatable bonds is 2. The molecule has 0 saturated carbocycles. The zero-order valence-corrected chi connectivity index (χ0v) is 10.3. The first-order chi connectivity index (χ1) is 9.36. The van der Waals surface area contributed by atoms with Gasteiger partial charge >= 0.3 is 0 Å². The average Bonchev–Trinajstić information content (AvgIpc) is 2.49. The molecule has 0 radical (unpaired) electrons. The van der Waals surface area contributed by atoms with E-state index in [9.17, 15) is 4.79 Å². The number of hydrogen-bond donors (Lipinski definition) is 1. The molecular weight excluding hydrogens is 234 g/mol. The van der Waals surface area contributed by atoms with Gasteiger partial charge in [-0.15, -0.1) is 0 Å². The lowest BCUT2D eigenvalue weighted by molar-refractivity contribution is 1.30. The van der Waals surface area contributed by atoms with Crippen molar-refractivity contribution in [1.82, 2.24) is 4.98 Å². The summed E-state index contributed by atoms with van der Waals surface area (Å²) in [6.07, 6.45) is 3.51. The van der Waals surface area contributed by atoms with Gasteiger partial charge in [0.15, 0.2) is 5.43 Å². The normalized spacial score (nSPS) is 10.3. The Hall–Kier alpha value is -2.61. The molecule has 2 heteroatoms. The van der Waals surface area contributed by atoms with Crippen molar-refractivity contribution in [1.29, 1.82) is 0 Å². The molecule has 1 aromatic heterocycles. The van der Waals surface area contributed by atoms with E-state index in [1.165, 1.54) is 0 Å². The summed E-state index contributed by atoms with van der Waals surface area (Å²) in [6, 6.07) is 19.4. The van der Waals surface area contributed by atoms with Crippen molar-refractivity contribution in [2.45, 2.75) is 0 Å². The summed E-state index contributed by atoms with van der Waals surface area (Å²) < 4.78 is 0. The maximum atomic E-state index is 12.5. The maximum absolute atomic E-state index is 12.5. The molecule has 0 aliphatic heterocycles. The Labute approximate surface area is 111 Å². The number of hydrogen-bond acceptors (Lipinski definition) is 1. The molecule has 1 heterocycles. The Morgan fingerprint density at radius 1 is 0.632 bits per heavy atom. The van der Waals surface area contributed by atoms with Gasteiger partial charge < -0.3 is 4.98 Å². The van der Waals surface area contributed by atoms with Crippen LogP contribution in [0.3, 0.4) is 0 Å². The highest BCUT2D eigenvalue weighted by Crippen LogP contribution is 2.19. The molecule has 3 rings (SSSR count). The highest BCUT2D eigenvalue weighted by atomic mass is 16.1. The zero-order valence-electron chi connectivity index (χ0n) is 10.3. The first-order valence-corrected chi connectivity index (χ1v) is 6.18. The van der Waals surface area contributed by atoms with Gasteiger partial charge in [0.2, 0.25) is 0 Å². The standard InChI is InChI=1S/C17H13NO/c19-17-15(13-7-3-1-4-8-13)11-18-12-16(17)14-9-5-2-6-10-14/h1-12H,(H,18,19). The lowest BCUT2D eigenvalue weighted by Crippen LogP contribution is -2.08. The van der Waals surface area contributed by atoms with Gasteiger partial charge in [0, 0.05) is 23.5 Å². The van der Waals surface area contributed by atoms with E-state index in [-0.39, 0.29) is 5.43 Å². The second-order valence-corrected chi connectivity index (χ2v) is 4.34. The van der Waals surface area contributed by atoms with Crippen molar-refractivity contribution in [2.24, 2.45) is 0 Å². The zero-order chi connectivity index (χ0) is 13.1. The predicted molar refractivity (Wildman–Crippen MR) is 77.9 cm³/mol. The van der Waals surface area contributed by atoms with E-state index in [2.05, 4.69) is 4.98 Å². The molecule has 3 aromatic rings. The van der Waals surface area contributed by atoms with Crippen molar-refractivity contribution in [3.63, 3.8) is 0 Å². The van der Waals surface area contributed by atoms with E-state index in [1.54, 1.807) is 12.4 Å². The molecule has 19 heavy (non-hydrogen) atoms. The van der Waals surface area contributed by atoms with Crippen molar-refractivity contribution < 1.29 is 0 Å². The number of aromatic amines is 1. The first kappa shape index (κ1) is 11.5. The van der Waals surface area contributed by atoms with Crippen LogP contribution in [-0.4, -0.2) is 4.98 Å². The fourth-order valence-corrected chi connectivity index (χ4v) is 2.15. The topological polar surface area (TPSA) is 32.9 Å². The Kier molecular flexibility index (Phi) is 2.99. The molecule has 2 nitrogen and oxygen atoms in total. The second kappa shape index (κ2) is 4.94. The summed E-state index contributed by atoms with van der Waals surface area (Å²) >= 11 is 0. The summed E-state index contributed by atoms with van der Waals surface area (Å²) in [6.45, 7) is 0. The molecule has 0 aliphatic carbocycles. The van der Waals surface area contributed by atoms with Crippen molar-refractivity contribution in [3.05, 3.63) is 83.3 Å². The van der Waals surface area contributed by atoms with Crippen LogP contribution in [-0.2, 0) is 0 Å². The van der Waals surface area contributed by atoms with Gasteiger partial charge in [-0.25, -0.2) is 0 Å². The Bertz CT molecular complexity index is 669. The Morgan fingerprint density at radius 2 is 1.05 bits per heavy atom. The summed E-state index contributed by atoms with van der Waals surface area (Å²) in [5, 5.41) is 0. The number of nitrogens with one attached hydrogen (secondary N) is 1. The molecule has 1 N–H and O–H groups in total. The molecule has 2 aromatic carbocycles. The molecule has 0 atom stereocenters. The van der Waals surface area contributed by atoms with E-state index in [1.807, 2.05) is 60.7 Å². The van der Waals surface area contributed by atoms with Crippen LogP contribution in [0.5, 0.6) is 0 Å². The molecule has 0 bridgehead atoms.